The maximum Gasteiger partial charge on any atom is 0.182 e. The molecule has 0 radical (unpaired) electrons. The Bertz CT molecular complexity index is 380. The summed E-state index contributed by atoms with van der Waals surface area (Å²) in [6.45, 7) is 1.59. The van der Waals surface area contributed by atoms with Gasteiger partial charge in [0.05, 0.1) is 18.4 Å². The molecule has 0 aliphatic carbocycles. The standard InChI is InChI=1S/C8H11N5S/c9-7-5-12-13(6-7)3-1-10-8-11-2-4-14-8/h2,4-6H,1,3,9H2,(H,10,11). The van der Waals surface area contributed by atoms with Crippen molar-refractivity contribution in [3.8, 4) is 0 Å². The number of nitrogens with two attached hydrogens (primary N) is 1. The van der Waals surface area contributed by atoms with Crippen molar-refractivity contribution >= 4 is 22.2 Å². The highest BCUT2D eigenvalue weighted by Crippen LogP contribution is 2.09. The topological polar surface area (TPSA) is 68.8 Å². The molecule has 0 atom stereocenters. The summed E-state index contributed by atoms with van der Waals surface area (Å²) < 4.78 is 1.80. The van der Waals surface area contributed by atoms with Crippen LogP contribution in [-0.2, 0) is 6.54 Å². The third kappa shape index (κ3) is 2.23. The fourth-order valence-corrected chi connectivity index (χ4v) is 1.65. The maximum absolute atomic E-state index is 5.53. The van der Waals surface area contributed by atoms with E-state index in [9.17, 15) is 0 Å². The van der Waals surface area contributed by atoms with Gasteiger partial charge in [-0.25, -0.2) is 4.98 Å². The van der Waals surface area contributed by atoms with Gasteiger partial charge >= 0.3 is 0 Å². The van der Waals surface area contributed by atoms with Crippen LogP contribution in [0.15, 0.2) is 24.0 Å². The van der Waals surface area contributed by atoms with E-state index in [4.69, 9.17) is 5.73 Å². The molecule has 2 aromatic heterocycles. The van der Waals surface area contributed by atoms with Crippen molar-refractivity contribution in [3.05, 3.63) is 24.0 Å². The summed E-state index contributed by atoms with van der Waals surface area (Å²) in [5.74, 6) is 0. The molecule has 0 saturated carbocycles. The summed E-state index contributed by atoms with van der Waals surface area (Å²) >= 11 is 1.59. The molecule has 2 heterocycles. The lowest BCUT2D eigenvalue weighted by Gasteiger charge is -2.01. The van der Waals surface area contributed by atoms with Crippen molar-refractivity contribution in [3.63, 3.8) is 0 Å². The molecule has 74 valence electrons. The van der Waals surface area contributed by atoms with Crippen LogP contribution in [0.2, 0.25) is 0 Å². The molecular formula is C8H11N5S. The molecule has 0 unspecified atom stereocenters. The lowest BCUT2D eigenvalue weighted by molar-refractivity contribution is 0.638. The largest absolute Gasteiger partial charge is 0.396 e. The minimum absolute atomic E-state index is 0.694. The fraction of sp³-hybridized carbons (Fsp3) is 0.250. The zero-order chi connectivity index (χ0) is 9.80. The Hall–Kier alpha value is -1.56. The van der Waals surface area contributed by atoms with Gasteiger partial charge in [-0.2, -0.15) is 5.10 Å². The van der Waals surface area contributed by atoms with Crippen molar-refractivity contribution < 1.29 is 0 Å². The van der Waals surface area contributed by atoms with Crippen LogP contribution in [-0.4, -0.2) is 21.3 Å². The number of nitrogens with one attached hydrogen (secondary N) is 1. The van der Waals surface area contributed by atoms with Gasteiger partial charge in [0.15, 0.2) is 5.13 Å². The second-order valence-corrected chi connectivity index (χ2v) is 3.70. The summed E-state index contributed by atoms with van der Waals surface area (Å²) in [6, 6.07) is 0. The molecule has 14 heavy (non-hydrogen) atoms. The normalized spacial score (nSPS) is 10.3. The third-order valence-electron chi connectivity index (χ3n) is 1.70. The number of anilines is 2. The summed E-state index contributed by atoms with van der Waals surface area (Å²) in [6.07, 6.45) is 5.23. The number of thiazole rings is 1. The minimum atomic E-state index is 0.694. The van der Waals surface area contributed by atoms with Crippen LogP contribution in [0.25, 0.3) is 0 Å². The number of hydrogen-bond acceptors (Lipinski definition) is 5. The van der Waals surface area contributed by atoms with E-state index in [1.54, 1.807) is 28.4 Å². The molecule has 3 N–H and O–H groups in total. The summed E-state index contributed by atoms with van der Waals surface area (Å²) in [5, 5.41) is 10.1. The summed E-state index contributed by atoms with van der Waals surface area (Å²) in [7, 11) is 0. The molecule has 0 saturated heterocycles. The van der Waals surface area contributed by atoms with Crippen molar-refractivity contribution in [2.75, 3.05) is 17.6 Å². The van der Waals surface area contributed by atoms with E-state index in [1.165, 1.54) is 0 Å². The van der Waals surface area contributed by atoms with E-state index < -0.39 is 0 Å². The van der Waals surface area contributed by atoms with E-state index in [1.807, 2.05) is 11.6 Å². The highest BCUT2D eigenvalue weighted by molar-refractivity contribution is 7.13. The number of hydrogen-bond donors (Lipinski definition) is 2. The molecular weight excluding hydrogens is 198 g/mol. The number of aromatic nitrogens is 3. The first-order valence-corrected chi connectivity index (χ1v) is 5.14. The average molecular weight is 209 g/mol. The molecule has 0 aliphatic heterocycles. The first-order chi connectivity index (χ1) is 6.84. The zero-order valence-electron chi connectivity index (χ0n) is 7.55. The Kier molecular flexibility index (Phi) is 2.64. The van der Waals surface area contributed by atoms with Gasteiger partial charge in [-0.1, -0.05) is 0 Å². The van der Waals surface area contributed by atoms with E-state index in [-0.39, 0.29) is 0 Å². The van der Waals surface area contributed by atoms with Crippen molar-refractivity contribution in [2.24, 2.45) is 0 Å². The van der Waals surface area contributed by atoms with E-state index in [0.717, 1.165) is 18.2 Å². The van der Waals surface area contributed by atoms with E-state index >= 15 is 0 Å². The smallest absolute Gasteiger partial charge is 0.182 e. The molecule has 0 amide bonds. The number of nitrogens with zero attached hydrogens (tertiary/aromatic N) is 3. The van der Waals surface area contributed by atoms with Crippen molar-refractivity contribution in [1.82, 2.24) is 14.8 Å². The van der Waals surface area contributed by atoms with Crippen LogP contribution in [0.5, 0.6) is 0 Å². The van der Waals surface area contributed by atoms with Crippen LogP contribution in [0.4, 0.5) is 10.8 Å². The van der Waals surface area contributed by atoms with Gasteiger partial charge in [0.1, 0.15) is 0 Å². The lowest BCUT2D eigenvalue weighted by Crippen LogP contribution is -2.10. The zero-order valence-corrected chi connectivity index (χ0v) is 8.37. The van der Waals surface area contributed by atoms with Crippen LogP contribution >= 0.6 is 11.3 Å². The monoisotopic (exact) mass is 209 g/mol. The van der Waals surface area contributed by atoms with E-state index in [0.29, 0.717) is 5.69 Å². The van der Waals surface area contributed by atoms with Gasteiger partial charge in [-0.3, -0.25) is 4.68 Å². The first kappa shape index (κ1) is 9.01. The Balaban J connectivity index is 1.78. The molecule has 0 bridgehead atoms. The van der Waals surface area contributed by atoms with Crippen molar-refractivity contribution in [1.29, 1.82) is 0 Å². The molecule has 0 fully saturated rings. The SMILES string of the molecule is Nc1cnn(CCNc2nccs2)c1. The van der Waals surface area contributed by atoms with Crippen LogP contribution in [0.1, 0.15) is 0 Å². The van der Waals surface area contributed by atoms with Crippen LogP contribution in [0.3, 0.4) is 0 Å². The van der Waals surface area contributed by atoms with Gasteiger partial charge in [0.25, 0.3) is 0 Å². The second-order valence-electron chi connectivity index (χ2n) is 2.80. The number of rotatable bonds is 4. The summed E-state index contributed by atoms with van der Waals surface area (Å²) in [4.78, 5) is 4.11. The van der Waals surface area contributed by atoms with Crippen LogP contribution < -0.4 is 11.1 Å². The lowest BCUT2D eigenvalue weighted by atomic mass is 10.6. The third-order valence-corrected chi connectivity index (χ3v) is 2.43. The van der Waals surface area contributed by atoms with Gasteiger partial charge in [0, 0.05) is 24.3 Å². The molecule has 0 aliphatic rings. The molecule has 2 rings (SSSR count). The van der Waals surface area contributed by atoms with E-state index in [2.05, 4.69) is 15.4 Å². The van der Waals surface area contributed by atoms with Gasteiger partial charge in [-0.05, 0) is 0 Å². The van der Waals surface area contributed by atoms with Gasteiger partial charge in [0.2, 0.25) is 0 Å². The highest BCUT2D eigenvalue weighted by Gasteiger charge is 1.95. The Labute approximate surface area is 85.6 Å². The summed E-state index contributed by atoms with van der Waals surface area (Å²) in [5.41, 5.74) is 6.22. The predicted octanol–water partition coefficient (Wildman–Crippen LogP) is 1.03. The molecule has 0 spiro atoms. The van der Waals surface area contributed by atoms with Gasteiger partial charge in [-0.15, -0.1) is 11.3 Å². The molecule has 2 aromatic rings. The Morgan fingerprint density at radius 1 is 1.57 bits per heavy atom. The molecule has 6 heteroatoms. The fourth-order valence-electron chi connectivity index (χ4n) is 1.09. The molecule has 5 nitrogen and oxygen atoms in total. The maximum atomic E-state index is 5.53. The van der Waals surface area contributed by atoms with Crippen LogP contribution in [0, 0.1) is 0 Å². The second kappa shape index (κ2) is 4.10. The Morgan fingerprint density at radius 3 is 3.14 bits per heavy atom. The quantitative estimate of drug-likeness (QED) is 0.789. The Morgan fingerprint density at radius 2 is 2.50 bits per heavy atom. The van der Waals surface area contributed by atoms with Crippen molar-refractivity contribution in [2.45, 2.75) is 6.54 Å². The molecule has 0 aromatic carbocycles. The minimum Gasteiger partial charge on any atom is -0.396 e. The number of nitrogen functional groups attached to an aromatic ring is 1. The highest BCUT2D eigenvalue weighted by atomic mass is 32.1. The van der Waals surface area contributed by atoms with Gasteiger partial charge < -0.3 is 11.1 Å². The average Bonchev–Trinajstić information content (AvgIpc) is 2.77. The first-order valence-electron chi connectivity index (χ1n) is 4.26. The predicted molar refractivity (Wildman–Crippen MR) is 57.2 cm³/mol.